The Balaban J connectivity index is 1.50. The number of hydrogen-bond donors (Lipinski definition) is 0. The number of benzene rings is 2. The Morgan fingerprint density at radius 3 is 2.22 bits per heavy atom. The van der Waals surface area contributed by atoms with Gasteiger partial charge in [-0.05, 0) is 63.1 Å². The Labute approximate surface area is 194 Å². The Kier molecular flexibility index (Phi) is 7.15. The molecular weight excluding hydrogens is 423 g/mol. The number of piperazine rings is 1. The van der Waals surface area contributed by atoms with Gasteiger partial charge in [-0.2, -0.15) is 5.10 Å². The molecule has 0 amide bonds. The van der Waals surface area contributed by atoms with Crippen LogP contribution in [-0.2, 0) is 13.2 Å². The van der Waals surface area contributed by atoms with E-state index >= 15 is 0 Å². The van der Waals surface area contributed by atoms with Crippen LogP contribution in [0.4, 0.5) is 4.39 Å². The molecule has 1 unspecified atom stereocenters. The van der Waals surface area contributed by atoms with Gasteiger partial charge in [0.05, 0.1) is 12.7 Å². The summed E-state index contributed by atoms with van der Waals surface area (Å²) in [5.74, 6) is 0.595. The molecule has 0 spiro atoms. The molecule has 1 aliphatic rings. The lowest BCUT2D eigenvalue weighted by Crippen LogP contribution is -2.46. The summed E-state index contributed by atoms with van der Waals surface area (Å²) in [5, 5.41) is 4.90. The van der Waals surface area contributed by atoms with Gasteiger partial charge in [-0.15, -0.1) is 0 Å². The molecule has 2 aromatic carbocycles. The molecule has 1 aromatic heterocycles. The van der Waals surface area contributed by atoms with Crippen LogP contribution in [0.1, 0.15) is 24.4 Å². The van der Waals surface area contributed by atoms with Crippen molar-refractivity contribution in [2.75, 3.05) is 40.3 Å². The summed E-state index contributed by atoms with van der Waals surface area (Å²) in [7, 11) is 4.04. The Bertz CT molecular complexity index is 1070. The molecule has 1 atom stereocenters. The van der Waals surface area contributed by atoms with Gasteiger partial charge in [0.25, 0.3) is 0 Å². The molecule has 6 nitrogen and oxygen atoms in total. The van der Waals surface area contributed by atoms with Gasteiger partial charge in [0.2, 0.25) is 4.77 Å². The summed E-state index contributed by atoms with van der Waals surface area (Å²) in [6, 6.07) is 17.1. The quantitative estimate of drug-likeness (QED) is 0.505. The van der Waals surface area contributed by atoms with Gasteiger partial charge in [-0.3, -0.25) is 19.3 Å². The molecular formula is C24H31FN6S. The molecule has 170 valence electrons. The van der Waals surface area contributed by atoms with E-state index in [9.17, 15) is 4.39 Å². The van der Waals surface area contributed by atoms with E-state index in [2.05, 4.69) is 52.0 Å². The first-order chi connectivity index (χ1) is 15.4. The maximum Gasteiger partial charge on any atom is 0.203 e. The van der Waals surface area contributed by atoms with Gasteiger partial charge in [0.15, 0.2) is 5.82 Å². The SMILES string of the molecule is CC(c1nn(CN2CCN(Cc3ccccc3)CC2)c(=S)n1-c1ccc(F)cc1)N(C)C. The Hall–Kier alpha value is -2.39. The molecule has 4 rings (SSSR count). The lowest BCUT2D eigenvalue weighted by atomic mass is 10.2. The average molecular weight is 455 g/mol. The Morgan fingerprint density at radius 2 is 1.59 bits per heavy atom. The largest absolute Gasteiger partial charge is 0.300 e. The van der Waals surface area contributed by atoms with E-state index in [0.717, 1.165) is 44.2 Å². The first kappa shape index (κ1) is 22.8. The van der Waals surface area contributed by atoms with Gasteiger partial charge in [-0.1, -0.05) is 30.3 Å². The smallest absolute Gasteiger partial charge is 0.203 e. The molecule has 8 heteroatoms. The highest BCUT2D eigenvalue weighted by Gasteiger charge is 2.22. The first-order valence-electron chi connectivity index (χ1n) is 11.0. The van der Waals surface area contributed by atoms with Crippen molar-refractivity contribution in [3.63, 3.8) is 0 Å². The maximum atomic E-state index is 13.5. The molecule has 0 bridgehead atoms. The molecule has 32 heavy (non-hydrogen) atoms. The van der Waals surface area contributed by atoms with Gasteiger partial charge in [0.1, 0.15) is 5.82 Å². The second-order valence-corrected chi connectivity index (χ2v) is 8.98. The van der Waals surface area contributed by atoms with E-state index in [1.165, 1.54) is 17.7 Å². The number of halogens is 1. The number of aromatic nitrogens is 3. The molecule has 3 aromatic rings. The summed E-state index contributed by atoms with van der Waals surface area (Å²) in [4.78, 5) is 6.98. The molecule has 0 N–H and O–H groups in total. The van der Waals surface area contributed by atoms with E-state index in [1.54, 1.807) is 12.1 Å². The second kappa shape index (κ2) is 10.0. The van der Waals surface area contributed by atoms with E-state index in [4.69, 9.17) is 17.3 Å². The van der Waals surface area contributed by atoms with Gasteiger partial charge >= 0.3 is 0 Å². The van der Waals surface area contributed by atoms with Crippen molar-refractivity contribution in [3.8, 4) is 5.69 Å². The van der Waals surface area contributed by atoms with Crippen LogP contribution in [-0.4, -0.2) is 69.3 Å². The third kappa shape index (κ3) is 5.15. The van der Waals surface area contributed by atoms with Crippen LogP contribution >= 0.6 is 12.2 Å². The molecule has 0 aliphatic carbocycles. The lowest BCUT2D eigenvalue weighted by molar-refractivity contribution is 0.0978. The summed E-state index contributed by atoms with van der Waals surface area (Å²) >= 11 is 5.83. The third-order valence-corrected chi connectivity index (χ3v) is 6.54. The zero-order valence-corrected chi connectivity index (χ0v) is 19.8. The van der Waals surface area contributed by atoms with Crippen LogP contribution in [0.3, 0.4) is 0 Å². The minimum Gasteiger partial charge on any atom is -0.300 e. The molecule has 0 radical (unpaired) electrons. The van der Waals surface area contributed by atoms with E-state index in [0.29, 0.717) is 11.4 Å². The van der Waals surface area contributed by atoms with Crippen LogP contribution in [0.5, 0.6) is 0 Å². The highest BCUT2D eigenvalue weighted by atomic mass is 32.1. The molecule has 2 heterocycles. The first-order valence-corrected chi connectivity index (χ1v) is 11.4. The highest BCUT2D eigenvalue weighted by molar-refractivity contribution is 7.71. The van der Waals surface area contributed by atoms with Crippen molar-refractivity contribution in [2.45, 2.75) is 26.2 Å². The third-order valence-electron chi connectivity index (χ3n) is 6.15. The van der Waals surface area contributed by atoms with Crippen LogP contribution in [0.15, 0.2) is 54.6 Å². The van der Waals surface area contributed by atoms with Gasteiger partial charge in [0, 0.05) is 38.4 Å². The summed E-state index contributed by atoms with van der Waals surface area (Å²) < 4.78 is 18.0. The summed E-state index contributed by atoms with van der Waals surface area (Å²) in [6.07, 6.45) is 0. The fourth-order valence-corrected chi connectivity index (χ4v) is 4.27. The standard InChI is InChI=1S/C24H31FN6S/c1-19(27(2)3)23-26-30(24(32)31(23)22-11-9-21(25)10-12-22)18-29-15-13-28(14-16-29)17-20-7-5-4-6-8-20/h4-12,19H,13-18H2,1-3H3. The van der Waals surface area contributed by atoms with Crippen molar-refractivity contribution >= 4 is 12.2 Å². The van der Waals surface area contributed by atoms with Gasteiger partial charge in [-0.25, -0.2) is 9.07 Å². The number of hydrogen-bond acceptors (Lipinski definition) is 5. The normalized spacial score (nSPS) is 16.5. The van der Waals surface area contributed by atoms with Crippen molar-refractivity contribution < 1.29 is 4.39 Å². The Morgan fingerprint density at radius 1 is 0.969 bits per heavy atom. The maximum absolute atomic E-state index is 13.5. The van der Waals surface area contributed by atoms with Crippen LogP contribution in [0.2, 0.25) is 0 Å². The van der Waals surface area contributed by atoms with Crippen molar-refractivity contribution in [3.05, 3.63) is 76.6 Å². The molecule has 1 saturated heterocycles. The van der Waals surface area contributed by atoms with Crippen LogP contribution in [0, 0.1) is 10.6 Å². The molecule has 0 saturated carbocycles. The predicted molar refractivity (Wildman–Crippen MR) is 128 cm³/mol. The highest BCUT2D eigenvalue weighted by Crippen LogP contribution is 2.22. The summed E-state index contributed by atoms with van der Waals surface area (Å²) in [6.45, 7) is 7.71. The topological polar surface area (TPSA) is 32.5 Å². The zero-order valence-electron chi connectivity index (χ0n) is 19.0. The van der Waals surface area contributed by atoms with E-state index < -0.39 is 0 Å². The summed E-state index contributed by atoms with van der Waals surface area (Å²) in [5.41, 5.74) is 2.18. The fraction of sp³-hybridized carbons (Fsp3) is 0.417. The van der Waals surface area contributed by atoms with Gasteiger partial charge < -0.3 is 0 Å². The van der Waals surface area contributed by atoms with Crippen molar-refractivity contribution in [1.82, 2.24) is 29.0 Å². The average Bonchev–Trinajstić information content (AvgIpc) is 3.11. The minimum atomic E-state index is -0.261. The predicted octanol–water partition coefficient (Wildman–Crippen LogP) is 3.94. The monoisotopic (exact) mass is 454 g/mol. The second-order valence-electron chi connectivity index (χ2n) is 8.61. The number of rotatable bonds is 7. The van der Waals surface area contributed by atoms with Crippen LogP contribution in [0.25, 0.3) is 5.69 Å². The lowest BCUT2D eigenvalue weighted by Gasteiger charge is -2.34. The van der Waals surface area contributed by atoms with Crippen molar-refractivity contribution in [1.29, 1.82) is 0 Å². The fourth-order valence-electron chi connectivity index (χ4n) is 3.97. The van der Waals surface area contributed by atoms with E-state index in [1.807, 2.05) is 23.3 Å². The zero-order chi connectivity index (χ0) is 22.7. The minimum absolute atomic E-state index is 0.0609. The number of nitrogens with zero attached hydrogens (tertiary/aromatic N) is 6. The van der Waals surface area contributed by atoms with Crippen molar-refractivity contribution in [2.24, 2.45) is 0 Å². The molecule has 1 aliphatic heterocycles. The van der Waals surface area contributed by atoms with E-state index in [-0.39, 0.29) is 11.9 Å². The van der Waals surface area contributed by atoms with Crippen LogP contribution < -0.4 is 0 Å². The molecule has 1 fully saturated rings.